The highest BCUT2D eigenvalue weighted by Crippen LogP contribution is 2.41. The number of pyridine rings is 1. The number of rotatable bonds is 10. The Balaban J connectivity index is 1.33. The summed E-state index contributed by atoms with van der Waals surface area (Å²) < 4.78 is 65.5. The smallest absolute Gasteiger partial charge is 0.356 e. The number of nitrogens with zero attached hydrogens (tertiary/aromatic N) is 5. The van der Waals surface area contributed by atoms with Crippen molar-refractivity contribution < 1.29 is 27.1 Å². The molecule has 1 amide bonds. The van der Waals surface area contributed by atoms with Crippen LogP contribution in [0.1, 0.15) is 55.0 Å². The summed E-state index contributed by atoms with van der Waals surface area (Å²) in [5, 5.41) is 7.78. The van der Waals surface area contributed by atoms with Crippen molar-refractivity contribution in [3.05, 3.63) is 102 Å². The third-order valence-electron chi connectivity index (χ3n) is 8.95. The van der Waals surface area contributed by atoms with Gasteiger partial charge in [-0.2, -0.15) is 17.6 Å². The molecule has 258 valence electrons. The second kappa shape index (κ2) is 14.9. The van der Waals surface area contributed by atoms with Gasteiger partial charge in [0.15, 0.2) is 6.23 Å². The lowest BCUT2D eigenvalue weighted by atomic mass is 9.88. The molecule has 0 aliphatic carbocycles. The molecule has 1 unspecified atom stereocenters. The van der Waals surface area contributed by atoms with E-state index in [-0.39, 0.29) is 22.9 Å². The molecule has 0 saturated carbocycles. The van der Waals surface area contributed by atoms with Crippen LogP contribution >= 0.6 is 0 Å². The molecule has 2 saturated heterocycles. The zero-order valence-electron chi connectivity index (χ0n) is 27.6. The fraction of sp³-hybridized carbons (Fsp3) is 0.378. The van der Waals surface area contributed by atoms with E-state index in [1.165, 1.54) is 11.0 Å². The Morgan fingerprint density at radius 2 is 1.84 bits per heavy atom. The number of anilines is 1. The standard InChI is InChI=1S/C37H40F4N6O2/c1-45(2)33(48)11-8-18-42-28-17-19-46(24-28)32-16-14-27(23-43-32)35(30(22-37(39,40)41)25-9-4-3-5-10-25)26-13-15-31-29(21-26)36(38)44-47(31)34-12-6-7-20-49-34/h3-5,8-11,13-16,21,23,28,34,42H,6-7,12,17-20,22,24H2,1-2H3/b11-8+,35-30-/t28-,34?/m0/s1. The quantitative estimate of drug-likeness (QED) is 0.111. The molecule has 2 aliphatic rings. The molecule has 4 heterocycles. The van der Waals surface area contributed by atoms with E-state index >= 15 is 4.39 Å². The Morgan fingerprint density at radius 1 is 1.04 bits per heavy atom. The lowest BCUT2D eigenvalue weighted by molar-refractivity contribution is -0.124. The predicted octanol–water partition coefficient (Wildman–Crippen LogP) is 6.99. The summed E-state index contributed by atoms with van der Waals surface area (Å²) in [5.41, 5.74) is 2.25. The molecule has 2 aliphatic heterocycles. The highest BCUT2D eigenvalue weighted by atomic mass is 19.4. The Labute approximate surface area is 283 Å². The Bertz CT molecular complexity index is 1810. The van der Waals surface area contributed by atoms with Gasteiger partial charge in [-0.25, -0.2) is 9.67 Å². The first kappa shape index (κ1) is 34.3. The van der Waals surface area contributed by atoms with Gasteiger partial charge in [-0.15, -0.1) is 5.10 Å². The zero-order chi connectivity index (χ0) is 34.5. The van der Waals surface area contributed by atoms with Gasteiger partial charge in [0.2, 0.25) is 11.9 Å². The molecule has 49 heavy (non-hydrogen) atoms. The number of likely N-dealkylation sites (N-methyl/N-ethyl adjacent to an activating group) is 1. The summed E-state index contributed by atoms with van der Waals surface area (Å²) in [6.45, 7) is 2.56. The summed E-state index contributed by atoms with van der Waals surface area (Å²) >= 11 is 0. The molecule has 12 heteroatoms. The van der Waals surface area contributed by atoms with Crippen molar-refractivity contribution in [3.8, 4) is 0 Å². The zero-order valence-corrected chi connectivity index (χ0v) is 27.6. The number of allylic oxidation sites excluding steroid dienone is 1. The minimum atomic E-state index is -4.51. The van der Waals surface area contributed by atoms with E-state index < -0.39 is 24.8 Å². The monoisotopic (exact) mass is 676 g/mol. The molecule has 2 fully saturated rings. The first-order valence-electron chi connectivity index (χ1n) is 16.5. The molecule has 2 aromatic heterocycles. The van der Waals surface area contributed by atoms with Gasteiger partial charge in [0, 0.05) is 64.2 Å². The summed E-state index contributed by atoms with van der Waals surface area (Å²) in [6, 6.07) is 17.3. The van der Waals surface area contributed by atoms with Crippen LogP contribution in [0.2, 0.25) is 0 Å². The number of carbonyl (C=O) groups is 1. The number of benzene rings is 2. The number of alkyl halides is 3. The maximum Gasteiger partial charge on any atom is 0.393 e. The van der Waals surface area contributed by atoms with Gasteiger partial charge in [0.1, 0.15) is 5.82 Å². The summed E-state index contributed by atoms with van der Waals surface area (Å²) in [4.78, 5) is 20.1. The van der Waals surface area contributed by atoms with Gasteiger partial charge in [-0.3, -0.25) is 4.79 Å². The van der Waals surface area contributed by atoms with Crippen LogP contribution in [0.4, 0.5) is 23.4 Å². The van der Waals surface area contributed by atoms with Crippen molar-refractivity contribution in [2.45, 2.75) is 50.6 Å². The average molecular weight is 677 g/mol. The fourth-order valence-electron chi connectivity index (χ4n) is 6.48. The average Bonchev–Trinajstić information content (AvgIpc) is 3.71. The van der Waals surface area contributed by atoms with E-state index in [1.54, 1.807) is 85.6 Å². The predicted molar refractivity (Wildman–Crippen MR) is 182 cm³/mol. The fourth-order valence-corrected chi connectivity index (χ4v) is 6.48. The van der Waals surface area contributed by atoms with E-state index in [4.69, 9.17) is 9.72 Å². The number of hydrogen-bond donors (Lipinski definition) is 1. The van der Waals surface area contributed by atoms with Crippen molar-refractivity contribution in [2.75, 3.05) is 45.2 Å². The van der Waals surface area contributed by atoms with Gasteiger partial charge in [-0.1, -0.05) is 42.5 Å². The Hall–Kier alpha value is -4.55. The number of carbonyl (C=O) groups excluding carboxylic acids is 1. The van der Waals surface area contributed by atoms with Gasteiger partial charge in [0.25, 0.3) is 0 Å². The maximum atomic E-state index is 15.4. The van der Waals surface area contributed by atoms with Gasteiger partial charge in [0.05, 0.1) is 17.3 Å². The van der Waals surface area contributed by atoms with Crippen LogP contribution < -0.4 is 10.2 Å². The van der Waals surface area contributed by atoms with Crippen LogP contribution in [0.3, 0.4) is 0 Å². The molecule has 2 atom stereocenters. The molecule has 1 N–H and O–H groups in total. The van der Waals surface area contributed by atoms with E-state index in [2.05, 4.69) is 15.3 Å². The normalized spacial score (nSPS) is 19.1. The molecule has 6 rings (SSSR count). The van der Waals surface area contributed by atoms with Gasteiger partial charge >= 0.3 is 6.18 Å². The lowest BCUT2D eigenvalue weighted by Gasteiger charge is -2.23. The van der Waals surface area contributed by atoms with Crippen molar-refractivity contribution in [2.24, 2.45) is 0 Å². The number of aromatic nitrogens is 3. The summed E-state index contributed by atoms with van der Waals surface area (Å²) in [7, 11) is 3.40. The highest BCUT2D eigenvalue weighted by Gasteiger charge is 2.32. The minimum Gasteiger partial charge on any atom is -0.356 e. The molecule has 4 aromatic rings. The SMILES string of the molecule is CN(C)C(=O)/C=C/CN[C@H]1CCN(c2ccc(/C(=C(/CC(F)(F)F)c3ccccc3)c3ccc4c(c3)c(F)nn4C3CCCCO3)cn2)C1. The van der Waals surface area contributed by atoms with Crippen LogP contribution in [0.25, 0.3) is 22.0 Å². The summed E-state index contributed by atoms with van der Waals surface area (Å²) in [6.07, 6.45) is 2.29. The topological polar surface area (TPSA) is 75.5 Å². The lowest BCUT2D eigenvalue weighted by Crippen LogP contribution is -2.33. The van der Waals surface area contributed by atoms with E-state index in [0.717, 1.165) is 25.8 Å². The van der Waals surface area contributed by atoms with Crippen LogP contribution in [0.15, 0.2) is 79.0 Å². The molecular formula is C37H40F4N6O2. The van der Waals surface area contributed by atoms with E-state index in [9.17, 15) is 18.0 Å². The molecule has 0 spiro atoms. The van der Waals surface area contributed by atoms with Crippen molar-refractivity contribution in [1.82, 2.24) is 25.0 Å². The first-order valence-corrected chi connectivity index (χ1v) is 16.5. The van der Waals surface area contributed by atoms with Gasteiger partial charge < -0.3 is 19.9 Å². The maximum absolute atomic E-state index is 15.4. The minimum absolute atomic E-state index is 0.0663. The number of ether oxygens (including phenoxy) is 1. The second-order valence-electron chi connectivity index (χ2n) is 12.7. The third-order valence-corrected chi connectivity index (χ3v) is 8.95. The van der Waals surface area contributed by atoms with E-state index in [1.807, 2.05) is 6.07 Å². The molecule has 0 bridgehead atoms. The second-order valence-corrected chi connectivity index (χ2v) is 12.7. The molecule has 8 nitrogen and oxygen atoms in total. The highest BCUT2D eigenvalue weighted by molar-refractivity contribution is 6.00. The number of hydrogen-bond acceptors (Lipinski definition) is 6. The molecule has 2 aromatic carbocycles. The Morgan fingerprint density at radius 3 is 2.53 bits per heavy atom. The van der Waals surface area contributed by atoms with E-state index in [0.29, 0.717) is 59.7 Å². The first-order chi connectivity index (χ1) is 23.6. The van der Waals surface area contributed by atoms with Crippen LogP contribution in [0.5, 0.6) is 0 Å². The summed E-state index contributed by atoms with van der Waals surface area (Å²) in [5.74, 6) is -0.0710. The molecule has 0 radical (unpaired) electrons. The Kier molecular flexibility index (Phi) is 10.4. The number of fused-ring (bicyclic) bond motifs is 1. The van der Waals surface area contributed by atoms with Crippen molar-refractivity contribution in [1.29, 1.82) is 0 Å². The van der Waals surface area contributed by atoms with Gasteiger partial charge in [-0.05, 0) is 72.2 Å². The third kappa shape index (κ3) is 8.19. The number of halogens is 4. The number of amides is 1. The van der Waals surface area contributed by atoms with Crippen LogP contribution in [-0.4, -0.2) is 78.1 Å². The largest absolute Gasteiger partial charge is 0.393 e. The van der Waals surface area contributed by atoms with Crippen LogP contribution in [-0.2, 0) is 9.53 Å². The van der Waals surface area contributed by atoms with Crippen molar-refractivity contribution >= 4 is 33.8 Å². The number of nitrogens with one attached hydrogen (secondary N) is 1. The van der Waals surface area contributed by atoms with Crippen molar-refractivity contribution in [3.63, 3.8) is 0 Å². The van der Waals surface area contributed by atoms with Crippen LogP contribution in [0, 0.1) is 5.95 Å². The molecular weight excluding hydrogens is 636 g/mol.